The van der Waals surface area contributed by atoms with E-state index in [1.54, 1.807) is 0 Å². The van der Waals surface area contributed by atoms with Gasteiger partial charge in [0.1, 0.15) is 11.6 Å². The predicted octanol–water partition coefficient (Wildman–Crippen LogP) is 1.81. The maximum atomic E-state index is 5.85. The summed E-state index contributed by atoms with van der Waals surface area (Å²) in [5.41, 5.74) is 8.00. The van der Waals surface area contributed by atoms with Crippen molar-refractivity contribution < 1.29 is 0 Å². The molecule has 1 heterocycles. The van der Waals surface area contributed by atoms with Crippen molar-refractivity contribution in [1.29, 1.82) is 0 Å². The van der Waals surface area contributed by atoms with Gasteiger partial charge in [0.2, 0.25) is 0 Å². The Morgan fingerprint density at radius 3 is 2.54 bits per heavy atom. The molecule has 2 rings (SSSR count). The van der Waals surface area contributed by atoms with Crippen molar-refractivity contribution in [2.75, 3.05) is 5.73 Å². The lowest BCUT2D eigenvalue weighted by Gasteiger charge is -2.07. The molecule has 3 nitrogen and oxygen atoms in total. The highest BCUT2D eigenvalue weighted by molar-refractivity contribution is 5.42. The van der Waals surface area contributed by atoms with E-state index < -0.39 is 0 Å². The van der Waals surface area contributed by atoms with Gasteiger partial charge in [-0.3, -0.25) is 0 Å². The van der Waals surface area contributed by atoms with Gasteiger partial charge in [-0.15, -0.1) is 0 Å². The van der Waals surface area contributed by atoms with Gasteiger partial charge in [0.05, 0.1) is 0 Å². The number of rotatable bonds is 2. The van der Waals surface area contributed by atoms with Crippen molar-refractivity contribution in [3.8, 4) is 0 Å². The zero-order valence-corrected chi connectivity index (χ0v) is 8.17. The van der Waals surface area contributed by atoms with Crippen molar-refractivity contribution in [3.05, 3.63) is 17.1 Å². The molecular weight excluding hydrogens is 162 g/mol. The molecule has 0 atom stereocenters. The number of hydrogen-bond donors (Lipinski definition) is 1. The third-order valence-corrected chi connectivity index (χ3v) is 2.56. The SMILES string of the molecule is CCc1c(C)nc(C2CC2)nc1N. The summed E-state index contributed by atoms with van der Waals surface area (Å²) in [7, 11) is 0. The molecule has 0 amide bonds. The van der Waals surface area contributed by atoms with Gasteiger partial charge in [0.25, 0.3) is 0 Å². The molecule has 1 aromatic heterocycles. The van der Waals surface area contributed by atoms with E-state index in [4.69, 9.17) is 5.73 Å². The summed E-state index contributed by atoms with van der Waals surface area (Å²) < 4.78 is 0. The molecular formula is C10H15N3. The number of nitrogens with two attached hydrogens (primary N) is 1. The summed E-state index contributed by atoms with van der Waals surface area (Å²) in [6, 6.07) is 0. The van der Waals surface area contributed by atoms with E-state index in [1.165, 1.54) is 12.8 Å². The Morgan fingerprint density at radius 2 is 2.08 bits per heavy atom. The Morgan fingerprint density at radius 1 is 1.38 bits per heavy atom. The van der Waals surface area contributed by atoms with Crippen molar-refractivity contribution in [2.45, 2.75) is 39.0 Å². The highest BCUT2D eigenvalue weighted by Crippen LogP contribution is 2.38. The van der Waals surface area contributed by atoms with Crippen LogP contribution in [0.5, 0.6) is 0 Å². The predicted molar refractivity (Wildman–Crippen MR) is 52.5 cm³/mol. The molecule has 0 radical (unpaired) electrons. The fourth-order valence-corrected chi connectivity index (χ4v) is 1.60. The maximum Gasteiger partial charge on any atom is 0.134 e. The summed E-state index contributed by atoms with van der Waals surface area (Å²) in [4.78, 5) is 8.81. The average Bonchev–Trinajstić information content (AvgIpc) is 2.85. The highest BCUT2D eigenvalue weighted by Gasteiger charge is 2.27. The van der Waals surface area contributed by atoms with Crippen LogP contribution in [0.15, 0.2) is 0 Å². The minimum atomic E-state index is 0.590. The van der Waals surface area contributed by atoms with Gasteiger partial charge in [-0.25, -0.2) is 9.97 Å². The number of aryl methyl sites for hydroxylation is 1. The lowest BCUT2D eigenvalue weighted by Crippen LogP contribution is -2.05. The monoisotopic (exact) mass is 177 g/mol. The molecule has 1 fully saturated rings. The largest absolute Gasteiger partial charge is 0.383 e. The maximum absolute atomic E-state index is 5.85. The molecule has 0 aromatic carbocycles. The minimum absolute atomic E-state index is 0.590. The van der Waals surface area contributed by atoms with Crippen LogP contribution in [0.4, 0.5) is 5.82 Å². The molecule has 0 saturated heterocycles. The summed E-state index contributed by atoms with van der Waals surface area (Å²) in [6.45, 7) is 4.10. The van der Waals surface area contributed by atoms with Gasteiger partial charge in [0.15, 0.2) is 0 Å². The second kappa shape index (κ2) is 2.98. The van der Waals surface area contributed by atoms with E-state index in [0.717, 1.165) is 23.5 Å². The van der Waals surface area contributed by atoms with Gasteiger partial charge in [-0.05, 0) is 26.2 Å². The molecule has 0 spiro atoms. The van der Waals surface area contributed by atoms with Crippen LogP contribution in [-0.4, -0.2) is 9.97 Å². The third kappa shape index (κ3) is 1.50. The van der Waals surface area contributed by atoms with E-state index in [0.29, 0.717) is 11.7 Å². The first-order valence-electron chi connectivity index (χ1n) is 4.85. The van der Waals surface area contributed by atoms with E-state index in [-0.39, 0.29) is 0 Å². The number of anilines is 1. The molecule has 13 heavy (non-hydrogen) atoms. The van der Waals surface area contributed by atoms with Crippen LogP contribution >= 0.6 is 0 Å². The zero-order valence-electron chi connectivity index (χ0n) is 8.17. The Kier molecular flexibility index (Phi) is 1.94. The highest BCUT2D eigenvalue weighted by atomic mass is 15.0. The summed E-state index contributed by atoms with van der Waals surface area (Å²) in [6.07, 6.45) is 3.37. The molecule has 1 aliphatic carbocycles. The normalized spacial score (nSPS) is 16.2. The van der Waals surface area contributed by atoms with Gasteiger partial charge < -0.3 is 5.73 Å². The number of nitrogen functional groups attached to an aromatic ring is 1. The molecule has 1 saturated carbocycles. The summed E-state index contributed by atoms with van der Waals surface area (Å²) in [5, 5.41) is 0. The van der Waals surface area contributed by atoms with Gasteiger partial charge in [-0.1, -0.05) is 6.92 Å². The number of aromatic nitrogens is 2. The van der Waals surface area contributed by atoms with E-state index in [2.05, 4.69) is 16.9 Å². The van der Waals surface area contributed by atoms with Crippen LogP contribution in [0.2, 0.25) is 0 Å². The number of hydrogen-bond acceptors (Lipinski definition) is 3. The third-order valence-electron chi connectivity index (χ3n) is 2.56. The smallest absolute Gasteiger partial charge is 0.134 e. The second-order valence-electron chi connectivity index (χ2n) is 3.66. The second-order valence-corrected chi connectivity index (χ2v) is 3.66. The average molecular weight is 177 g/mol. The molecule has 70 valence electrons. The van der Waals surface area contributed by atoms with Crippen LogP contribution in [-0.2, 0) is 6.42 Å². The Balaban J connectivity index is 2.42. The summed E-state index contributed by atoms with van der Waals surface area (Å²) in [5.74, 6) is 2.22. The molecule has 1 aromatic rings. The molecule has 0 aliphatic heterocycles. The van der Waals surface area contributed by atoms with Crippen molar-refractivity contribution in [2.24, 2.45) is 0 Å². The fraction of sp³-hybridized carbons (Fsp3) is 0.600. The van der Waals surface area contributed by atoms with Gasteiger partial charge in [0, 0.05) is 17.2 Å². The number of nitrogens with zero attached hydrogens (tertiary/aromatic N) is 2. The first kappa shape index (κ1) is 8.48. The van der Waals surface area contributed by atoms with Crippen LogP contribution in [0.3, 0.4) is 0 Å². The minimum Gasteiger partial charge on any atom is -0.383 e. The Labute approximate surface area is 78.4 Å². The fourth-order valence-electron chi connectivity index (χ4n) is 1.60. The van der Waals surface area contributed by atoms with Crippen LogP contribution in [0.25, 0.3) is 0 Å². The van der Waals surface area contributed by atoms with Gasteiger partial charge in [-0.2, -0.15) is 0 Å². The van der Waals surface area contributed by atoms with Crippen LogP contribution < -0.4 is 5.73 Å². The molecule has 1 aliphatic rings. The van der Waals surface area contributed by atoms with Crippen molar-refractivity contribution in [1.82, 2.24) is 9.97 Å². The van der Waals surface area contributed by atoms with Crippen LogP contribution in [0.1, 0.15) is 42.8 Å². The Hall–Kier alpha value is -1.12. The first-order chi connectivity index (χ1) is 6.22. The molecule has 2 N–H and O–H groups in total. The Bertz CT molecular complexity index is 306. The lowest BCUT2D eigenvalue weighted by atomic mass is 10.1. The van der Waals surface area contributed by atoms with Crippen molar-refractivity contribution >= 4 is 5.82 Å². The quantitative estimate of drug-likeness (QED) is 0.749. The lowest BCUT2D eigenvalue weighted by molar-refractivity contribution is 0.884. The van der Waals surface area contributed by atoms with Crippen LogP contribution in [0, 0.1) is 6.92 Å². The van der Waals surface area contributed by atoms with E-state index >= 15 is 0 Å². The zero-order chi connectivity index (χ0) is 9.42. The first-order valence-corrected chi connectivity index (χ1v) is 4.85. The topological polar surface area (TPSA) is 51.8 Å². The molecule has 3 heteroatoms. The van der Waals surface area contributed by atoms with Crippen molar-refractivity contribution in [3.63, 3.8) is 0 Å². The summed E-state index contributed by atoms with van der Waals surface area (Å²) >= 11 is 0. The molecule has 0 bridgehead atoms. The van der Waals surface area contributed by atoms with E-state index in [1.807, 2.05) is 6.92 Å². The standard InChI is InChI=1S/C10H15N3/c1-3-8-6(2)12-10(7-4-5-7)13-9(8)11/h7H,3-5H2,1-2H3,(H2,11,12,13). The molecule has 0 unspecified atom stereocenters. The van der Waals surface area contributed by atoms with E-state index in [9.17, 15) is 0 Å². The van der Waals surface area contributed by atoms with Gasteiger partial charge >= 0.3 is 0 Å².